The van der Waals surface area contributed by atoms with Gasteiger partial charge in [0.25, 0.3) is 0 Å². The zero-order valence-electron chi connectivity index (χ0n) is 6.24. The molecule has 0 radical (unpaired) electrons. The molecule has 0 atom stereocenters. The van der Waals surface area contributed by atoms with Crippen molar-refractivity contribution in [3.63, 3.8) is 0 Å². The number of nitriles is 1. The molecule has 0 unspecified atom stereocenters. The average Bonchev–Trinajstić information content (AvgIpc) is 2.24. The fourth-order valence-electron chi connectivity index (χ4n) is 0.892. The van der Waals surface area contributed by atoms with Gasteiger partial charge in [-0.15, -0.1) is 4.68 Å². The van der Waals surface area contributed by atoms with Gasteiger partial charge in [0.1, 0.15) is 18.8 Å². The van der Waals surface area contributed by atoms with E-state index in [0.717, 1.165) is 0 Å². The van der Waals surface area contributed by atoms with E-state index in [1.54, 1.807) is 14.0 Å². The molecule has 0 aliphatic carbocycles. The molecule has 0 aliphatic heterocycles. The first-order valence-corrected chi connectivity index (χ1v) is 2.99. The summed E-state index contributed by atoms with van der Waals surface area (Å²) in [6, 6.07) is 1.90. The van der Waals surface area contributed by atoms with Crippen LogP contribution in [-0.2, 0) is 7.05 Å². The Morgan fingerprint density at radius 1 is 1.64 bits per heavy atom. The molecule has 5 nitrogen and oxygen atoms in total. The Morgan fingerprint density at radius 3 is 2.64 bits per heavy atom. The highest BCUT2D eigenvalue weighted by Gasteiger charge is 2.22. The lowest BCUT2D eigenvalue weighted by molar-refractivity contribution is 0.768. The molecule has 54 valence electrons. The van der Waals surface area contributed by atoms with E-state index in [1.165, 1.54) is 4.68 Å². The van der Waals surface area contributed by atoms with Crippen molar-refractivity contribution in [3.8, 4) is 6.07 Å². The molecule has 1 rings (SSSR count). The normalized spacial score (nSPS) is 8.73. The first-order chi connectivity index (χ1) is 5.20. The minimum absolute atomic E-state index is 0.199. The van der Waals surface area contributed by atoms with Crippen molar-refractivity contribution in [2.75, 3.05) is 0 Å². The molecule has 0 fully saturated rings. The Morgan fingerprint density at radius 2 is 2.27 bits per heavy atom. The topological polar surface area (TPSA) is 69.8 Å². The van der Waals surface area contributed by atoms with Crippen LogP contribution in [0, 0.1) is 23.6 Å². The predicted octanol–water partition coefficient (Wildman–Crippen LogP) is 1.08. The molecule has 0 spiro atoms. The summed E-state index contributed by atoms with van der Waals surface area (Å²) in [5.74, 6) is 0.199. The van der Waals surface area contributed by atoms with E-state index in [0.29, 0.717) is 11.3 Å². The lowest BCUT2D eigenvalue weighted by atomic mass is 10.3. The maximum Gasteiger partial charge on any atom is 0.464 e. The molecule has 0 aromatic carbocycles. The van der Waals surface area contributed by atoms with Crippen LogP contribution in [0.1, 0.15) is 11.3 Å². The quantitative estimate of drug-likeness (QED) is 0.517. The second-order valence-electron chi connectivity index (χ2n) is 2.12. The third-order valence-electron chi connectivity index (χ3n) is 1.40. The van der Waals surface area contributed by atoms with Crippen LogP contribution in [0.4, 0.5) is 5.82 Å². The number of hydrogen-bond acceptors (Lipinski definition) is 3. The Hall–Kier alpha value is -1.88. The molecular formula is C6H6N5+. The summed E-state index contributed by atoms with van der Waals surface area (Å²) in [6.07, 6.45) is 0. The van der Waals surface area contributed by atoms with E-state index in [2.05, 4.69) is 10.1 Å². The monoisotopic (exact) mass is 148 g/mol. The van der Waals surface area contributed by atoms with Crippen molar-refractivity contribution in [1.29, 1.82) is 10.7 Å². The van der Waals surface area contributed by atoms with Crippen molar-refractivity contribution in [2.24, 2.45) is 7.05 Å². The van der Waals surface area contributed by atoms with Crippen LogP contribution < -0.4 is 0 Å². The highest BCUT2D eigenvalue weighted by molar-refractivity contribution is 5.55. The SMILES string of the molecule is Cc1nn(C)c([N+]#N)c1C#N. The maximum absolute atomic E-state index is 8.57. The van der Waals surface area contributed by atoms with Gasteiger partial charge in [-0.2, -0.15) is 5.26 Å². The predicted molar refractivity (Wildman–Crippen MR) is 37.4 cm³/mol. The molecule has 0 saturated carbocycles. The summed E-state index contributed by atoms with van der Waals surface area (Å²) in [5, 5.41) is 20.9. The molecule has 1 aromatic rings. The zero-order chi connectivity index (χ0) is 8.43. The van der Waals surface area contributed by atoms with Gasteiger partial charge in [-0.25, -0.2) is 0 Å². The first kappa shape index (κ1) is 7.23. The minimum atomic E-state index is 0.199. The van der Waals surface area contributed by atoms with Gasteiger partial charge in [0.2, 0.25) is 0 Å². The summed E-state index contributed by atoms with van der Waals surface area (Å²) in [6.45, 7) is 1.69. The van der Waals surface area contributed by atoms with Crippen LogP contribution >= 0.6 is 0 Å². The zero-order valence-corrected chi connectivity index (χ0v) is 6.24. The van der Waals surface area contributed by atoms with Crippen molar-refractivity contribution in [3.05, 3.63) is 16.2 Å². The van der Waals surface area contributed by atoms with E-state index in [1.807, 2.05) is 6.07 Å². The number of diazo groups is 1. The standard InChI is InChI=1S/C6H6N5/c1-4-5(3-7)6(9-8)11(2)10-4/h1-2H3/q+1. The number of aromatic nitrogens is 2. The van der Waals surface area contributed by atoms with Gasteiger partial charge in [-0.1, -0.05) is 5.10 Å². The lowest BCUT2D eigenvalue weighted by Crippen LogP contribution is -1.87. The van der Waals surface area contributed by atoms with E-state index >= 15 is 0 Å². The minimum Gasteiger partial charge on any atom is -0.192 e. The molecule has 0 amide bonds. The third-order valence-corrected chi connectivity index (χ3v) is 1.40. The maximum atomic E-state index is 8.57. The van der Waals surface area contributed by atoms with Gasteiger partial charge in [-0.05, 0) is 6.92 Å². The Bertz CT molecular complexity index is 327. The van der Waals surface area contributed by atoms with Gasteiger partial charge < -0.3 is 0 Å². The van der Waals surface area contributed by atoms with Crippen LogP contribution in [0.25, 0.3) is 4.98 Å². The van der Waals surface area contributed by atoms with Crippen molar-refractivity contribution < 1.29 is 0 Å². The van der Waals surface area contributed by atoms with E-state index in [9.17, 15) is 0 Å². The number of aryl methyl sites for hydroxylation is 2. The van der Waals surface area contributed by atoms with Gasteiger partial charge >= 0.3 is 5.82 Å². The second kappa shape index (κ2) is 2.39. The number of hydrogen-bond donors (Lipinski definition) is 0. The number of nitrogens with zero attached hydrogens (tertiary/aromatic N) is 5. The molecule has 1 heterocycles. The van der Waals surface area contributed by atoms with E-state index < -0.39 is 0 Å². The summed E-state index contributed by atoms with van der Waals surface area (Å²) < 4.78 is 1.36. The molecule has 0 N–H and O–H groups in total. The fourth-order valence-corrected chi connectivity index (χ4v) is 0.892. The smallest absolute Gasteiger partial charge is 0.192 e. The summed E-state index contributed by atoms with van der Waals surface area (Å²) in [4.78, 5) is 2.94. The Balaban J connectivity index is 3.47. The molecular weight excluding hydrogens is 142 g/mol. The van der Waals surface area contributed by atoms with Gasteiger partial charge in [0, 0.05) is 4.98 Å². The largest absolute Gasteiger partial charge is 0.464 e. The van der Waals surface area contributed by atoms with Gasteiger partial charge in [0.05, 0.1) is 5.39 Å². The second-order valence-corrected chi connectivity index (χ2v) is 2.12. The number of rotatable bonds is 0. The first-order valence-electron chi connectivity index (χ1n) is 2.99. The summed E-state index contributed by atoms with van der Waals surface area (Å²) in [5.41, 5.74) is 0.887. The van der Waals surface area contributed by atoms with Crippen molar-refractivity contribution in [1.82, 2.24) is 9.78 Å². The molecule has 1 aromatic heterocycles. The fraction of sp³-hybridized carbons (Fsp3) is 0.333. The highest BCUT2D eigenvalue weighted by Crippen LogP contribution is 2.19. The molecule has 0 saturated heterocycles. The Labute approximate surface area is 63.5 Å². The average molecular weight is 148 g/mol. The van der Waals surface area contributed by atoms with Crippen LogP contribution in [0.3, 0.4) is 0 Å². The molecule has 0 aliphatic rings. The van der Waals surface area contributed by atoms with Crippen molar-refractivity contribution >= 4 is 5.82 Å². The summed E-state index contributed by atoms with van der Waals surface area (Å²) >= 11 is 0. The van der Waals surface area contributed by atoms with Gasteiger partial charge in [0.15, 0.2) is 5.56 Å². The van der Waals surface area contributed by atoms with Crippen molar-refractivity contribution in [2.45, 2.75) is 6.92 Å². The van der Waals surface area contributed by atoms with Crippen LogP contribution in [-0.4, -0.2) is 9.78 Å². The van der Waals surface area contributed by atoms with Gasteiger partial charge in [-0.3, -0.25) is 0 Å². The molecule has 5 heteroatoms. The highest BCUT2D eigenvalue weighted by atomic mass is 15.3. The van der Waals surface area contributed by atoms with Crippen LogP contribution in [0.2, 0.25) is 0 Å². The third kappa shape index (κ3) is 0.926. The Kier molecular flexibility index (Phi) is 1.57. The molecule has 11 heavy (non-hydrogen) atoms. The van der Waals surface area contributed by atoms with Crippen LogP contribution in [0.5, 0.6) is 0 Å². The molecule has 0 bridgehead atoms. The van der Waals surface area contributed by atoms with Crippen LogP contribution in [0.15, 0.2) is 0 Å². The summed E-state index contributed by atoms with van der Waals surface area (Å²) in [7, 11) is 1.61. The van der Waals surface area contributed by atoms with E-state index in [4.69, 9.17) is 10.7 Å². The van der Waals surface area contributed by atoms with E-state index in [-0.39, 0.29) is 5.82 Å². The lowest BCUT2D eigenvalue weighted by Gasteiger charge is -1.72.